The van der Waals surface area contributed by atoms with E-state index in [0.717, 1.165) is 38.6 Å². The lowest BCUT2D eigenvalue weighted by atomic mass is 10.00. The molecule has 0 aliphatic carbocycles. The summed E-state index contributed by atoms with van der Waals surface area (Å²) < 4.78 is 1.95. The molecule has 8 nitrogen and oxygen atoms in total. The van der Waals surface area contributed by atoms with E-state index in [2.05, 4.69) is 30.9 Å². The summed E-state index contributed by atoms with van der Waals surface area (Å²) in [4.78, 5) is 38.4. The molecule has 0 aromatic carbocycles. The molecule has 2 amide bonds. The normalized spacial score (nSPS) is 14.5. The van der Waals surface area contributed by atoms with Crippen LogP contribution in [0.1, 0.15) is 53.8 Å². The van der Waals surface area contributed by atoms with Crippen molar-refractivity contribution in [3.05, 3.63) is 39.1 Å². The maximum atomic E-state index is 12.9. The minimum Gasteiger partial charge on any atom is -0.339 e. The molecule has 9 heteroatoms. The first-order valence-corrected chi connectivity index (χ1v) is 12.4. The third-order valence-electron chi connectivity index (χ3n) is 6.37. The molecule has 0 radical (unpaired) electrons. The lowest BCUT2D eigenvalue weighted by molar-refractivity contribution is -0.139. The van der Waals surface area contributed by atoms with Crippen LogP contribution in [0.5, 0.6) is 0 Å². The van der Waals surface area contributed by atoms with E-state index in [1.165, 1.54) is 11.3 Å². The topological polar surface area (TPSA) is 84.2 Å². The maximum Gasteiger partial charge on any atom is 0.229 e. The number of amides is 2. The SMILES string of the molecule is Cc1csc(CC(=O)N2CCN(C(=O)CCc3c(C)nc4c(cnn4C(C)C)c3C)CC2)n1. The monoisotopic (exact) mass is 468 g/mol. The van der Waals surface area contributed by atoms with Gasteiger partial charge in [-0.05, 0) is 52.2 Å². The molecule has 4 heterocycles. The van der Waals surface area contributed by atoms with Gasteiger partial charge in [0.15, 0.2) is 5.65 Å². The van der Waals surface area contributed by atoms with Crippen LogP contribution >= 0.6 is 11.3 Å². The highest BCUT2D eigenvalue weighted by atomic mass is 32.1. The Kier molecular flexibility index (Phi) is 6.78. The van der Waals surface area contributed by atoms with Gasteiger partial charge >= 0.3 is 0 Å². The molecule has 4 rings (SSSR count). The zero-order valence-electron chi connectivity index (χ0n) is 20.1. The molecule has 0 atom stereocenters. The second kappa shape index (κ2) is 9.59. The number of aryl methyl sites for hydroxylation is 3. The Hall–Kier alpha value is -2.81. The van der Waals surface area contributed by atoms with Gasteiger partial charge in [0.1, 0.15) is 5.01 Å². The van der Waals surface area contributed by atoms with Gasteiger partial charge in [0, 0.05) is 60.8 Å². The van der Waals surface area contributed by atoms with Crippen molar-refractivity contribution in [2.45, 2.75) is 59.9 Å². The lowest BCUT2D eigenvalue weighted by Gasteiger charge is -2.34. The van der Waals surface area contributed by atoms with Crippen LogP contribution in [0, 0.1) is 20.8 Å². The standard InChI is InChI=1S/C24H32N6O2S/c1-15(2)30-24-20(13-25-30)17(4)19(18(5)27-24)6-7-22(31)28-8-10-29(11-9-28)23(32)12-21-26-16(3)14-33-21/h13-15H,6-12H2,1-5H3. The molecule has 1 fully saturated rings. The highest BCUT2D eigenvalue weighted by Crippen LogP contribution is 2.25. The van der Waals surface area contributed by atoms with Gasteiger partial charge < -0.3 is 9.80 Å². The zero-order valence-corrected chi connectivity index (χ0v) is 20.9. The molecule has 0 saturated carbocycles. The van der Waals surface area contributed by atoms with Crippen LogP contribution < -0.4 is 0 Å². The van der Waals surface area contributed by atoms with Crippen LogP contribution in [-0.2, 0) is 22.4 Å². The van der Waals surface area contributed by atoms with E-state index < -0.39 is 0 Å². The minimum absolute atomic E-state index is 0.0871. The Morgan fingerprint density at radius 1 is 1.03 bits per heavy atom. The van der Waals surface area contributed by atoms with Crippen molar-refractivity contribution < 1.29 is 9.59 Å². The Morgan fingerprint density at radius 2 is 1.70 bits per heavy atom. The predicted molar refractivity (Wildman–Crippen MR) is 129 cm³/mol. The van der Waals surface area contributed by atoms with Crippen LogP contribution in [0.15, 0.2) is 11.6 Å². The predicted octanol–water partition coefficient (Wildman–Crippen LogP) is 3.24. The Labute approximate surface area is 198 Å². The summed E-state index contributed by atoms with van der Waals surface area (Å²) >= 11 is 1.52. The summed E-state index contributed by atoms with van der Waals surface area (Å²) in [6, 6.07) is 0.248. The highest BCUT2D eigenvalue weighted by molar-refractivity contribution is 7.09. The molecular formula is C24H32N6O2S. The van der Waals surface area contributed by atoms with Crippen molar-refractivity contribution in [3.8, 4) is 0 Å². The van der Waals surface area contributed by atoms with Gasteiger partial charge in [-0.25, -0.2) is 14.6 Å². The Bertz CT molecular complexity index is 1170. The third kappa shape index (κ3) is 4.93. The first kappa shape index (κ1) is 23.4. The van der Waals surface area contributed by atoms with Gasteiger partial charge in [0.2, 0.25) is 11.8 Å². The molecule has 0 bridgehead atoms. The van der Waals surface area contributed by atoms with E-state index in [-0.39, 0.29) is 17.9 Å². The number of hydrogen-bond acceptors (Lipinski definition) is 6. The molecule has 0 N–H and O–H groups in total. The first-order chi connectivity index (χ1) is 15.7. The average Bonchev–Trinajstić information content (AvgIpc) is 3.39. The molecule has 1 aliphatic rings. The fourth-order valence-electron chi connectivity index (χ4n) is 4.46. The van der Waals surface area contributed by atoms with Crippen LogP contribution in [-0.4, -0.2) is 67.5 Å². The lowest BCUT2D eigenvalue weighted by Crippen LogP contribution is -2.51. The summed E-state index contributed by atoms with van der Waals surface area (Å²) in [5.74, 6) is 0.221. The van der Waals surface area contributed by atoms with Crippen molar-refractivity contribution in [3.63, 3.8) is 0 Å². The number of carbonyl (C=O) groups is 2. The molecule has 1 saturated heterocycles. The van der Waals surface area contributed by atoms with Gasteiger partial charge in [-0.2, -0.15) is 5.10 Å². The van der Waals surface area contributed by atoms with E-state index in [9.17, 15) is 9.59 Å². The van der Waals surface area contributed by atoms with Crippen molar-refractivity contribution in [1.29, 1.82) is 0 Å². The van der Waals surface area contributed by atoms with Crippen LogP contribution in [0.3, 0.4) is 0 Å². The number of fused-ring (bicyclic) bond motifs is 1. The number of rotatable bonds is 6. The largest absolute Gasteiger partial charge is 0.339 e. The summed E-state index contributed by atoms with van der Waals surface area (Å²) in [5, 5.41) is 8.37. The maximum absolute atomic E-state index is 12.9. The fraction of sp³-hybridized carbons (Fsp3) is 0.542. The number of pyridine rings is 1. The first-order valence-electron chi connectivity index (χ1n) is 11.5. The van der Waals surface area contributed by atoms with Gasteiger partial charge in [-0.15, -0.1) is 11.3 Å². The second-order valence-corrected chi connectivity index (χ2v) is 9.98. The quantitative estimate of drug-likeness (QED) is 0.555. The summed E-state index contributed by atoms with van der Waals surface area (Å²) in [5.41, 5.74) is 5.11. The number of piperazine rings is 1. The average molecular weight is 469 g/mol. The molecule has 0 spiro atoms. The fourth-order valence-corrected chi connectivity index (χ4v) is 5.22. The summed E-state index contributed by atoms with van der Waals surface area (Å²) in [6.07, 6.45) is 3.33. The van der Waals surface area contributed by atoms with Crippen LogP contribution in [0.25, 0.3) is 11.0 Å². The smallest absolute Gasteiger partial charge is 0.229 e. The summed E-state index contributed by atoms with van der Waals surface area (Å²) in [7, 11) is 0. The minimum atomic E-state index is 0.0871. The number of nitrogens with zero attached hydrogens (tertiary/aromatic N) is 6. The van der Waals surface area contributed by atoms with Crippen molar-refractivity contribution >= 4 is 34.2 Å². The Balaban J connectivity index is 1.33. The van der Waals surface area contributed by atoms with Crippen molar-refractivity contribution in [2.24, 2.45) is 0 Å². The van der Waals surface area contributed by atoms with Gasteiger partial charge in [-0.1, -0.05) is 0 Å². The van der Waals surface area contributed by atoms with E-state index in [1.54, 1.807) is 0 Å². The van der Waals surface area contributed by atoms with Crippen LogP contribution in [0.2, 0.25) is 0 Å². The van der Waals surface area contributed by atoms with Gasteiger partial charge in [0.05, 0.1) is 12.6 Å². The third-order valence-corrected chi connectivity index (χ3v) is 7.33. The summed E-state index contributed by atoms with van der Waals surface area (Å²) in [6.45, 7) is 12.6. The zero-order chi connectivity index (χ0) is 23.7. The molecule has 176 valence electrons. The number of carbonyl (C=O) groups excluding carboxylic acids is 2. The number of aromatic nitrogens is 4. The number of hydrogen-bond donors (Lipinski definition) is 0. The van der Waals surface area contributed by atoms with Crippen molar-refractivity contribution in [1.82, 2.24) is 29.5 Å². The van der Waals surface area contributed by atoms with E-state index in [1.807, 2.05) is 39.9 Å². The van der Waals surface area contributed by atoms with Crippen LogP contribution in [0.4, 0.5) is 0 Å². The molecule has 3 aromatic rings. The van der Waals surface area contributed by atoms with Gasteiger partial charge in [-0.3, -0.25) is 9.59 Å². The van der Waals surface area contributed by atoms with E-state index >= 15 is 0 Å². The molecular weight excluding hydrogens is 436 g/mol. The Morgan fingerprint density at radius 3 is 2.30 bits per heavy atom. The highest BCUT2D eigenvalue weighted by Gasteiger charge is 2.25. The second-order valence-electron chi connectivity index (χ2n) is 9.04. The van der Waals surface area contributed by atoms with Gasteiger partial charge in [0.25, 0.3) is 0 Å². The molecule has 33 heavy (non-hydrogen) atoms. The van der Waals surface area contributed by atoms with Crippen molar-refractivity contribution in [2.75, 3.05) is 26.2 Å². The number of thiazole rings is 1. The van der Waals surface area contributed by atoms with E-state index in [4.69, 9.17) is 4.98 Å². The molecule has 1 aliphatic heterocycles. The molecule has 0 unspecified atom stereocenters. The molecule has 3 aromatic heterocycles. The van der Waals surface area contributed by atoms with E-state index in [0.29, 0.717) is 45.4 Å².